The lowest BCUT2D eigenvalue weighted by molar-refractivity contribution is -0.137. The molecule has 0 atom stereocenters. The van der Waals surface area contributed by atoms with Gasteiger partial charge in [-0.05, 0) is 48.3 Å². The van der Waals surface area contributed by atoms with Gasteiger partial charge in [0.25, 0.3) is 0 Å². The van der Waals surface area contributed by atoms with Crippen molar-refractivity contribution in [2.24, 2.45) is 11.1 Å². The van der Waals surface area contributed by atoms with Gasteiger partial charge in [0.2, 0.25) is 0 Å². The van der Waals surface area contributed by atoms with Crippen molar-refractivity contribution < 1.29 is 9.53 Å². The van der Waals surface area contributed by atoms with Crippen LogP contribution in [0, 0.1) is 5.41 Å². The Morgan fingerprint density at radius 2 is 1.79 bits per heavy atom. The minimum absolute atomic E-state index is 0.0526. The normalized spacial score (nSPS) is 17.3. The first kappa shape index (κ1) is 19.0. The molecule has 0 radical (unpaired) electrons. The highest BCUT2D eigenvalue weighted by atomic mass is 16.5. The predicted molar refractivity (Wildman–Crippen MR) is 99.4 cm³/mol. The van der Waals surface area contributed by atoms with Gasteiger partial charge in [0.15, 0.2) is 0 Å². The molecule has 0 saturated heterocycles. The van der Waals surface area contributed by atoms with Crippen molar-refractivity contribution >= 4 is 5.97 Å². The summed E-state index contributed by atoms with van der Waals surface area (Å²) in [6, 6.07) is 6.05. The van der Waals surface area contributed by atoms with Crippen molar-refractivity contribution in [3.63, 3.8) is 0 Å². The van der Waals surface area contributed by atoms with Gasteiger partial charge in [-0.3, -0.25) is 4.79 Å². The molecule has 1 aliphatic rings. The van der Waals surface area contributed by atoms with Crippen molar-refractivity contribution in [3.05, 3.63) is 29.3 Å². The first-order valence-corrected chi connectivity index (χ1v) is 9.42. The molecule has 3 nitrogen and oxygen atoms in total. The van der Waals surface area contributed by atoms with Crippen LogP contribution in [0.4, 0.5) is 0 Å². The molecule has 3 heteroatoms. The van der Waals surface area contributed by atoms with Crippen LogP contribution in [0.15, 0.2) is 18.2 Å². The van der Waals surface area contributed by atoms with Crippen LogP contribution in [-0.4, -0.2) is 12.5 Å². The van der Waals surface area contributed by atoms with Gasteiger partial charge in [0.1, 0.15) is 5.75 Å². The van der Waals surface area contributed by atoms with Crippen LogP contribution in [0.25, 0.3) is 0 Å². The summed E-state index contributed by atoms with van der Waals surface area (Å²) in [7, 11) is 0. The lowest BCUT2D eigenvalue weighted by Crippen LogP contribution is -2.36. The number of rotatable bonds is 6. The van der Waals surface area contributed by atoms with Crippen molar-refractivity contribution in [2.45, 2.75) is 78.1 Å². The molecule has 0 spiro atoms. The Kier molecular flexibility index (Phi) is 6.45. The first-order chi connectivity index (χ1) is 11.4. The fourth-order valence-corrected chi connectivity index (χ4v) is 3.99. The molecule has 24 heavy (non-hydrogen) atoms. The lowest BCUT2D eigenvalue weighted by atomic mass is 9.72. The maximum atomic E-state index is 12.6. The molecule has 1 aromatic rings. The second kappa shape index (κ2) is 8.15. The zero-order chi connectivity index (χ0) is 17.7. The average Bonchev–Trinajstić information content (AvgIpc) is 2.55. The molecular formula is C21H33NO2. The Balaban J connectivity index is 2.18. The van der Waals surface area contributed by atoms with Crippen LogP contribution in [0.2, 0.25) is 0 Å². The minimum Gasteiger partial charge on any atom is -0.426 e. The van der Waals surface area contributed by atoms with Gasteiger partial charge < -0.3 is 10.5 Å². The minimum atomic E-state index is -0.134. The maximum Gasteiger partial charge on any atom is 0.311 e. The molecule has 2 rings (SSSR count). The highest BCUT2D eigenvalue weighted by molar-refractivity contribution is 5.74. The van der Waals surface area contributed by atoms with Gasteiger partial charge in [0, 0.05) is 5.56 Å². The summed E-state index contributed by atoms with van der Waals surface area (Å²) in [5, 5.41) is 0. The molecule has 1 aromatic carbocycles. The topological polar surface area (TPSA) is 52.3 Å². The molecule has 134 valence electrons. The van der Waals surface area contributed by atoms with Crippen LogP contribution in [0.5, 0.6) is 5.75 Å². The van der Waals surface area contributed by atoms with Crippen molar-refractivity contribution in [1.82, 2.24) is 0 Å². The molecule has 1 fully saturated rings. The summed E-state index contributed by atoms with van der Waals surface area (Å²) in [6.07, 6.45) is 6.12. The summed E-state index contributed by atoms with van der Waals surface area (Å²) in [5.74, 6) is 1.33. The van der Waals surface area contributed by atoms with E-state index >= 15 is 0 Å². The van der Waals surface area contributed by atoms with Gasteiger partial charge in [-0.1, -0.05) is 59.1 Å². The summed E-state index contributed by atoms with van der Waals surface area (Å²) in [5.41, 5.74) is 8.39. The Hall–Kier alpha value is -1.35. The zero-order valence-electron chi connectivity index (χ0n) is 15.7. The number of benzene rings is 1. The number of ether oxygens (including phenoxy) is 1. The Bertz CT molecular complexity index is 557. The first-order valence-electron chi connectivity index (χ1n) is 9.42. The van der Waals surface area contributed by atoms with Gasteiger partial charge in [-0.25, -0.2) is 0 Å². The summed E-state index contributed by atoms with van der Waals surface area (Å²) in [4.78, 5) is 12.6. The quantitative estimate of drug-likeness (QED) is 0.580. The fraction of sp³-hybridized carbons (Fsp3) is 0.667. The monoisotopic (exact) mass is 331 g/mol. The number of hydrogen-bond acceptors (Lipinski definition) is 3. The highest BCUT2D eigenvalue weighted by Gasteiger charge is 2.34. The van der Waals surface area contributed by atoms with E-state index in [0.29, 0.717) is 24.8 Å². The van der Waals surface area contributed by atoms with E-state index in [-0.39, 0.29) is 11.4 Å². The second-order valence-electron chi connectivity index (χ2n) is 7.98. The summed E-state index contributed by atoms with van der Waals surface area (Å²) in [6.45, 7) is 9.24. The smallest absolute Gasteiger partial charge is 0.311 e. The molecule has 2 N–H and O–H groups in total. The van der Waals surface area contributed by atoms with E-state index in [1.165, 1.54) is 24.8 Å². The Morgan fingerprint density at radius 1 is 1.12 bits per heavy atom. The fourth-order valence-electron chi connectivity index (χ4n) is 3.99. The third-order valence-electron chi connectivity index (χ3n) is 5.39. The van der Waals surface area contributed by atoms with Crippen LogP contribution in [0.3, 0.4) is 0 Å². The van der Waals surface area contributed by atoms with E-state index in [2.05, 4.69) is 33.8 Å². The van der Waals surface area contributed by atoms with E-state index in [9.17, 15) is 4.79 Å². The molecule has 0 amide bonds. The van der Waals surface area contributed by atoms with Gasteiger partial charge in [0.05, 0.1) is 6.42 Å². The Morgan fingerprint density at radius 3 is 2.33 bits per heavy atom. The molecule has 0 bridgehead atoms. The maximum absolute atomic E-state index is 12.6. The SMILES string of the molecule is CC(C)c1cccc(OC(=O)CC2(CN)CCCCC2)c1C(C)C. The largest absolute Gasteiger partial charge is 0.426 e. The number of nitrogens with two attached hydrogens (primary N) is 1. The second-order valence-corrected chi connectivity index (χ2v) is 7.98. The van der Waals surface area contributed by atoms with Crippen molar-refractivity contribution in [2.75, 3.05) is 6.54 Å². The number of carbonyl (C=O) groups excluding carboxylic acids is 1. The molecule has 0 aliphatic heterocycles. The van der Waals surface area contributed by atoms with E-state index < -0.39 is 0 Å². The standard InChI is InChI=1S/C21H33NO2/c1-15(2)17-9-8-10-18(20(17)16(3)4)24-19(23)13-21(14-22)11-6-5-7-12-21/h8-10,15-16H,5-7,11-14,22H2,1-4H3. The summed E-state index contributed by atoms with van der Waals surface area (Å²) >= 11 is 0. The number of carbonyl (C=O) groups is 1. The molecule has 0 unspecified atom stereocenters. The van der Waals surface area contributed by atoms with Crippen molar-refractivity contribution in [3.8, 4) is 5.75 Å². The highest BCUT2D eigenvalue weighted by Crippen LogP contribution is 2.39. The Labute approximate surface area is 147 Å². The van der Waals surface area contributed by atoms with E-state index in [0.717, 1.165) is 24.2 Å². The van der Waals surface area contributed by atoms with Crippen LogP contribution < -0.4 is 10.5 Å². The number of hydrogen-bond donors (Lipinski definition) is 1. The third-order valence-corrected chi connectivity index (χ3v) is 5.39. The van der Waals surface area contributed by atoms with E-state index in [4.69, 9.17) is 10.5 Å². The van der Waals surface area contributed by atoms with Gasteiger partial charge >= 0.3 is 5.97 Å². The molecule has 0 heterocycles. The molecule has 1 saturated carbocycles. The molecule has 1 aliphatic carbocycles. The predicted octanol–water partition coefficient (Wildman–Crippen LogP) is 5.14. The molecular weight excluding hydrogens is 298 g/mol. The third kappa shape index (κ3) is 4.38. The van der Waals surface area contributed by atoms with Crippen molar-refractivity contribution in [1.29, 1.82) is 0 Å². The van der Waals surface area contributed by atoms with Crippen LogP contribution >= 0.6 is 0 Å². The summed E-state index contributed by atoms with van der Waals surface area (Å²) < 4.78 is 5.83. The van der Waals surface area contributed by atoms with E-state index in [1.807, 2.05) is 12.1 Å². The van der Waals surface area contributed by atoms with Gasteiger partial charge in [-0.2, -0.15) is 0 Å². The number of esters is 1. The molecule has 0 aromatic heterocycles. The lowest BCUT2D eigenvalue weighted by Gasteiger charge is -2.35. The average molecular weight is 332 g/mol. The van der Waals surface area contributed by atoms with Crippen LogP contribution in [-0.2, 0) is 4.79 Å². The van der Waals surface area contributed by atoms with Gasteiger partial charge in [-0.15, -0.1) is 0 Å². The zero-order valence-corrected chi connectivity index (χ0v) is 15.7. The van der Waals surface area contributed by atoms with Crippen LogP contribution in [0.1, 0.15) is 89.2 Å². The van der Waals surface area contributed by atoms with E-state index in [1.54, 1.807) is 0 Å².